The first-order valence-electron chi connectivity index (χ1n) is 9.76. The van der Waals surface area contributed by atoms with Gasteiger partial charge >= 0.3 is 0 Å². The lowest BCUT2D eigenvalue weighted by molar-refractivity contribution is -0.182. The first-order valence-corrected chi connectivity index (χ1v) is 9.76. The van der Waals surface area contributed by atoms with E-state index in [2.05, 4.69) is 0 Å². The predicted octanol–water partition coefficient (Wildman–Crippen LogP) is 0.528. The van der Waals surface area contributed by atoms with E-state index in [4.69, 9.17) is 0 Å². The lowest BCUT2D eigenvalue weighted by atomic mass is 9.45. The van der Waals surface area contributed by atoms with Crippen LogP contribution in [0.2, 0.25) is 0 Å². The third-order valence-electron chi connectivity index (χ3n) is 8.27. The molecule has 6 heteroatoms. The molecule has 27 heavy (non-hydrogen) atoms. The van der Waals surface area contributed by atoms with Gasteiger partial charge in [0.2, 0.25) is 0 Å². The highest BCUT2D eigenvalue weighted by molar-refractivity contribution is 6.01. The van der Waals surface area contributed by atoms with Crippen LogP contribution in [0.5, 0.6) is 0 Å². The minimum atomic E-state index is -1.65. The Labute approximate surface area is 158 Å². The Balaban J connectivity index is 1.78. The Morgan fingerprint density at radius 1 is 1.30 bits per heavy atom. The SMILES string of the molecule is C[C@]12C=CC(=O)C=C1C(O)C[C@@H]1[C@@H]2C(O)C[C@@]2(C)[C@H]1CC[C@]2(O)C(=O)CO. The number of carbonyl (C=O) groups excluding carboxylic acids is 2. The molecule has 4 aliphatic rings. The predicted molar refractivity (Wildman–Crippen MR) is 96.4 cm³/mol. The second-order valence-corrected chi connectivity index (χ2v) is 9.33. The van der Waals surface area contributed by atoms with Gasteiger partial charge in [-0.15, -0.1) is 0 Å². The normalized spacial score (nSPS) is 51.3. The van der Waals surface area contributed by atoms with Crippen LogP contribution in [-0.2, 0) is 9.59 Å². The van der Waals surface area contributed by atoms with Crippen molar-refractivity contribution in [3.63, 3.8) is 0 Å². The van der Waals surface area contributed by atoms with Gasteiger partial charge in [0, 0.05) is 16.7 Å². The summed E-state index contributed by atoms with van der Waals surface area (Å²) in [7, 11) is 0. The van der Waals surface area contributed by atoms with Gasteiger partial charge < -0.3 is 20.4 Å². The van der Waals surface area contributed by atoms with Crippen molar-refractivity contribution in [2.75, 3.05) is 6.61 Å². The van der Waals surface area contributed by atoms with Crippen molar-refractivity contribution in [1.29, 1.82) is 0 Å². The van der Waals surface area contributed by atoms with Gasteiger partial charge in [-0.1, -0.05) is 19.9 Å². The summed E-state index contributed by atoms with van der Waals surface area (Å²) in [5.41, 5.74) is -2.48. The molecule has 3 fully saturated rings. The summed E-state index contributed by atoms with van der Waals surface area (Å²) in [6.45, 7) is 3.06. The van der Waals surface area contributed by atoms with Crippen molar-refractivity contribution in [3.05, 3.63) is 23.8 Å². The number of fused-ring (bicyclic) bond motifs is 5. The lowest BCUT2D eigenvalue weighted by Gasteiger charge is -2.60. The smallest absolute Gasteiger partial charge is 0.190 e. The van der Waals surface area contributed by atoms with Crippen LogP contribution in [0, 0.1) is 28.6 Å². The molecule has 0 aromatic heterocycles. The molecule has 0 aromatic rings. The van der Waals surface area contributed by atoms with Gasteiger partial charge in [0.1, 0.15) is 12.2 Å². The van der Waals surface area contributed by atoms with Crippen molar-refractivity contribution in [3.8, 4) is 0 Å². The molecule has 4 rings (SSSR count). The van der Waals surface area contributed by atoms with Crippen LogP contribution in [0.15, 0.2) is 23.8 Å². The Morgan fingerprint density at radius 2 is 2.00 bits per heavy atom. The molecule has 0 heterocycles. The molecule has 4 aliphatic carbocycles. The van der Waals surface area contributed by atoms with Crippen LogP contribution < -0.4 is 0 Å². The van der Waals surface area contributed by atoms with Crippen LogP contribution in [0.4, 0.5) is 0 Å². The zero-order valence-electron chi connectivity index (χ0n) is 15.8. The first-order chi connectivity index (χ1) is 12.6. The van der Waals surface area contributed by atoms with E-state index >= 15 is 0 Å². The molecular formula is C21H28O6. The third-order valence-corrected chi connectivity index (χ3v) is 8.27. The molecular weight excluding hydrogens is 348 g/mol. The molecule has 0 spiro atoms. The second kappa shape index (κ2) is 5.83. The summed E-state index contributed by atoms with van der Waals surface area (Å²) in [5.74, 6) is -1.08. The molecule has 0 aromatic carbocycles. The largest absolute Gasteiger partial charge is 0.393 e. The molecule has 6 nitrogen and oxygen atoms in total. The number of rotatable bonds is 2. The zero-order valence-corrected chi connectivity index (χ0v) is 15.8. The molecule has 3 saturated carbocycles. The van der Waals surface area contributed by atoms with Crippen LogP contribution in [0.3, 0.4) is 0 Å². The molecule has 2 unspecified atom stereocenters. The minimum Gasteiger partial charge on any atom is -0.393 e. The summed E-state index contributed by atoms with van der Waals surface area (Å²) in [4.78, 5) is 24.2. The fourth-order valence-corrected chi connectivity index (χ4v) is 6.97. The van der Waals surface area contributed by atoms with E-state index in [1.165, 1.54) is 12.2 Å². The van der Waals surface area contributed by atoms with E-state index < -0.39 is 41.0 Å². The monoisotopic (exact) mass is 376 g/mol. The van der Waals surface area contributed by atoms with Crippen molar-refractivity contribution in [1.82, 2.24) is 0 Å². The van der Waals surface area contributed by atoms with E-state index in [-0.39, 0.29) is 36.4 Å². The number of Topliss-reactive ketones (excluding diaryl/α,β-unsaturated/α-hetero) is 1. The second-order valence-electron chi connectivity index (χ2n) is 9.33. The molecule has 0 bridgehead atoms. The maximum atomic E-state index is 12.4. The fraction of sp³-hybridized carbons (Fsp3) is 0.714. The van der Waals surface area contributed by atoms with E-state index in [0.29, 0.717) is 18.4 Å². The Hall–Kier alpha value is -1.34. The van der Waals surface area contributed by atoms with Gasteiger partial charge in [0.15, 0.2) is 11.6 Å². The van der Waals surface area contributed by atoms with Gasteiger partial charge in [-0.2, -0.15) is 0 Å². The number of ketones is 2. The average molecular weight is 376 g/mol. The zero-order chi connectivity index (χ0) is 19.8. The van der Waals surface area contributed by atoms with Crippen LogP contribution in [0.1, 0.15) is 39.5 Å². The first kappa shape index (κ1) is 19.0. The molecule has 0 saturated heterocycles. The summed E-state index contributed by atoms with van der Waals surface area (Å²) in [5, 5.41) is 42.5. The van der Waals surface area contributed by atoms with Gasteiger partial charge in [-0.05, 0) is 55.2 Å². The fourth-order valence-electron chi connectivity index (χ4n) is 6.97. The van der Waals surface area contributed by atoms with Crippen molar-refractivity contribution < 1.29 is 30.0 Å². The van der Waals surface area contributed by atoms with Crippen molar-refractivity contribution in [2.24, 2.45) is 28.6 Å². The number of aliphatic hydroxyl groups excluding tert-OH is 3. The Bertz CT molecular complexity index is 756. The number of hydrogen-bond donors (Lipinski definition) is 4. The van der Waals surface area contributed by atoms with Gasteiger partial charge in [0.25, 0.3) is 0 Å². The highest BCUT2D eigenvalue weighted by atomic mass is 16.3. The molecule has 0 amide bonds. The van der Waals surface area contributed by atoms with E-state index in [1.807, 2.05) is 13.8 Å². The summed E-state index contributed by atoms with van der Waals surface area (Å²) in [6.07, 6.45) is 4.73. The highest BCUT2D eigenvalue weighted by Gasteiger charge is 2.68. The summed E-state index contributed by atoms with van der Waals surface area (Å²) in [6, 6.07) is 0. The molecule has 4 N–H and O–H groups in total. The topological polar surface area (TPSA) is 115 Å². The number of aliphatic hydroxyl groups is 4. The molecule has 148 valence electrons. The lowest BCUT2D eigenvalue weighted by Crippen LogP contribution is -2.63. The highest BCUT2D eigenvalue weighted by Crippen LogP contribution is 2.67. The number of hydrogen-bond acceptors (Lipinski definition) is 6. The molecule has 0 radical (unpaired) electrons. The average Bonchev–Trinajstić information content (AvgIpc) is 2.87. The summed E-state index contributed by atoms with van der Waals surface area (Å²) >= 11 is 0. The van der Waals surface area contributed by atoms with Crippen molar-refractivity contribution >= 4 is 11.6 Å². The maximum absolute atomic E-state index is 12.4. The molecule has 0 aliphatic heterocycles. The number of carbonyl (C=O) groups is 2. The summed E-state index contributed by atoms with van der Waals surface area (Å²) < 4.78 is 0. The van der Waals surface area contributed by atoms with E-state index in [1.54, 1.807) is 6.08 Å². The van der Waals surface area contributed by atoms with E-state index in [0.717, 1.165) is 0 Å². The Morgan fingerprint density at radius 3 is 2.67 bits per heavy atom. The van der Waals surface area contributed by atoms with Crippen LogP contribution >= 0.6 is 0 Å². The van der Waals surface area contributed by atoms with E-state index in [9.17, 15) is 30.0 Å². The molecule has 8 atom stereocenters. The van der Waals surface area contributed by atoms with Crippen molar-refractivity contribution in [2.45, 2.75) is 57.3 Å². The Kier molecular flexibility index (Phi) is 4.10. The quantitative estimate of drug-likeness (QED) is 0.559. The van der Waals surface area contributed by atoms with Gasteiger partial charge in [-0.3, -0.25) is 9.59 Å². The van der Waals surface area contributed by atoms with Gasteiger partial charge in [-0.25, -0.2) is 0 Å². The van der Waals surface area contributed by atoms with Crippen LogP contribution in [0.25, 0.3) is 0 Å². The third kappa shape index (κ3) is 2.27. The number of allylic oxidation sites excluding steroid dienone is 3. The van der Waals surface area contributed by atoms with Gasteiger partial charge in [0.05, 0.1) is 12.2 Å². The van der Waals surface area contributed by atoms with Crippen LogP contribution in [-0.4, -0.2) is 56.4 Å². The minimum absolute atomic E-state index is 0.0505. The maximum Gasteiger partial charge on any atom is 0.190 e. The standard InChI is InChI=1S/C21H28O6/c1-19-5-3-11(23)7-14(19)15(24)8-12-13-4-6-21(27,17(26)10-22)20(13,2)9-16(25)18(12)19/h3,5,7,12-13,15-16,18,22,24-25,27H,4,6,8-10H2,1-2H3/t12-,13-,15?,16?,18+,19-,20-,21-/m0/s1.